The largest absolute Gasteiger partial charge is 0.389 e. The van der Waals surface area contributed by atoms with Gasteiger partial charge < -0.3 is 15.3 Å². The van der Waals surface area contributed by atoms with E-state index in [2.05, 4.69) is 17.2 Å². The Hall–Kier alpha value is -1.62. The van der Waals surface area contributed by atoms with E-state index in [1.807, 2.05) is 0 Å². The van der Waals surface area contributed by atoms with Gasteiger partial charge in [-0.3, -0.25) is 4.79 Å². The normalized spacial score (nSPS) is 11.2. The van der Waals surface area contributed by atoms with Crippen LogP contribution in [-0.2, 0) is 0 Å². The number of aliphatic hydroxyl groups is 1. The Balaban J connectivity index is 2.86. The van der Waals surface area contributed by atoms with Crippen LogP contribution in [0.4, 0.5) is 5.82 Å². The maximum atomic E-state index is 12.3. The van der Waals surface area contributed by atoms with E-state index in [0.29, 0.717) is 11.4 Å². The molecule has 0 bridgehead atoms. The zero-order valence-corrected chi connectivity index (χ0v) is 12.1. The maximum Gasteiger partial charge on any atom is 0.257 e. The van der Waals surface area contributed by atoms with Crippen molar-refractivity contribution in [2.75, 3.05) is 25.5 Å². The molecule has 0 aliphatic carbocycles. The molecule has 1 aromatic heterocycles. The molecule has 1 amide bonds. The first-order valence-corrected chi connectivity index (χ1v) is 6.52. The quantitative estimate of drug-likeness (QED) is 0.822. The highest BCUT2D eigenvalue weighted by Crippen LogP contribution is 2.15. The fourth-order valence-electron chi connectivity index (χ4n) is 1.82. The number of nitrogens with zero attached hydrogens (tertiary/aromatic N) is 2. The van der Waals surface area contributed by atoms with Gasteiger partial charge in [0, 0.05) is 26.3 Å². The molecule has 0 fully saturated rings. The SMILES string of the molecule is CCCNc1ncccc1C(=O)N(C)CC(C)(C)O. The van der Waals surface area contributed by atoms with Crippen LogP contribution < -0.4 is 5.32 Å². The van der Waals surface area contributed by atoms with Crippen LogP contribution >= 0.6 is 0 Å². The van der Waals surface area contributed by atoms with Crippen molar-refractivity contribution in [3.05, 3.63) is 23.9 Å². The lowest BCUT2D eigenvalue weighted by Gasteiger charge is -2.26. The summed E-state index contributed by atoms with van der Waals surface area (Å²) in [6, 6.07) is 3.48. The molecule has 1 heterocycles. The third-order valence-corrected chi connectivity index (χ3v) is 2.55. The van der Waals surface area contributed by atoms with Crippen LogP contribution in [0.2, 0.25) is 0 Å². The molecule has 0 atom stereocenters. The highest BCUT2D eigenvalue weighted by atomic mass is 16.3. The monoisotopic (exact) mass is 265 g/mol. The van der Waals surface area contributed by atoms with Crippen molar-refractivity contribution in [3.8, 4) is 0 Å². The van der Waals surface area contributed by atoms with Crippen molar-refractivity contribution < 1.29 is 9.90 Å². The molecule has 0 spiro atoms. The van der Waals surface area contributed by atoms with E-state index in [1.54, 1.807) is 39.2 Å². The predicted octanol–water partition coefficient (Wildman–Crippen LogP) is 1.75. The van der Waals surface area contributed by atoms with Crippen molar-refractivity contribution in [2.24, 2.45) is 0 Å². The standard InChI is InChI=1S/C14H23N3O2/c1-5-8-15-12-11(7-6-9-16-12)13(18)17(4)10-14(2,3)19/h6-7,9,19H,5,8,10H2,1-4H3,(H,15,16). The molecule has 0 aliphatic heterocycles. The second-order valence-electron chi connectivity index (χ2n) is 5.30. The summed E-state index contributed by atoms with van der Waals surface area (Å²) in [5, 5.41) is 12.9. The van der Waals surface area contributed by atoms with Gasteiger partial charge in [-0.2, -0.15) is 0 Å². The number of nitrogens with one attached hydrogen (secondary N) is 1. The lowest BCUT2D eigenvalue weighted by molar-refractivity contribution is 0.0368. The van der Waals surface area contributed by atoms with Crippen LogP contribution in [0.15, 0.2) is 18.3 Å². The average Bonchev–Trinajstić information content (AvgIpc) is 2.33. The number of pyridine rings is 1. The van der Waals surface area contributed by atoms with Crippen molar-refractivity contribution in [1.29, 1.82) is 0 Å². The molecule has 1 rings (SSSR count). The molecule has 0 aliphatic rings. The van der Waals surface area contributed by atoms with E-state index in [4.69, 9.17) is 0 Å². The molecule has 0 saturated carbocycles. The second kappa shape index (κ2) is 6.52. The van der Waals surface area contributed by atoms with E-state index in [9.17, 15) is 9.90 Å². The summed E-state index contributed by atoms with van der Waals surface area (Å²) in [5.74, 6) is 0.450. The number of likely N-dealkylation sites (N-methyl/N-ethyl adjacent to an activating group) is 1. The molecule has 5 heteroatoms. The summed E-state index contributed by atoms with van der Waals surface area (Å²) in [5.41, 5.74) is -0.383. The van der Waals surface area contributed by atoms with Crippen LogP contribution in [0.5, 0.6) is 0 Å². The van der Waals surface area contributed by atoms with E-state index in [0.717, 1.165) is 13.0 Å². The number of carbonyl (C=O) groups excluding carboxylic acids is 1. The molecule has 0 aromatic carbocycles. The van der Waals surface area contributed by atoms with Crippen molar-refractivity contribution >= 4 is 11.7 Å². The van der Waals surface area contributed by atoms with Gasteiger partial charge in [-0.25, -0.2) is 4.98 Å². The fourth-order valence-corrected chi connectivity index (χ4v) is 1.82. The number of aromatic nitrogens is 1. The first-order chi connectivity index (χ1) is 8.85. The molecule has 0 saturated heterocycles. The molecule has 1 aromatic rings. The van der Waals surface area contributed by atoms with Gasteiger partial charge in [0.25, 0.3) is 5.91 Å². The van der Waals surface area contributed by atoms with Gasteiger partial charge >= 0.3 is 0 Å². The Morgan fingerprint density at radius 2 is 2.21 bits per heavy atom. The summed E-state index contributed by atoms with van der Waals surface area (Å²) < 4.78 is 0. The summed E-state index contributed by atoms with van der Waals surface area (Å²) in [7, 11) is 1.68. The number of hydrogen-bond acceptors (Lipinski definition) is 4. The van der Waals surface area contributed by atoms with Crippen LogP contribution in [0.25, 0.3) is 0 Å². The zero-order chi connectivity index (χ0) is 14.5. The van der Waals surface area contributed by atoms with Crippen LogP contribution in [0.1, 0.15) is 37.6 Å². The van der Waals surface area contributed by atoms with Gasteiger partial charge in [0.1, 0.15) is 5.82 Å². The molecular weight excluding hydrogens is 242 g/mol. The minimum atomic E-state index is -0.913. The minimum absolute atomic E-state index is 0.145. The van der Waals surface area contributed by atoms with Crippen molar-refractivity contribution in [2.45, 2.75) is 32.8 Å². The third-order valence-electron chi connectivity index (χ3n) is 2.55. The molecule has 2 N–H and O–H groups in total. The van der Waals surface area contributed by atoms with Gasteiger partial charge in [0.15, 0.2) is 0 Å². The van der Waals surface area contributed by atoms with Crippen LogP contribution in [-0.4, -0.2) is 46.6 Å². The molecular formula is C14H23N3O2. The Kier molecular flexibility index (Phi) is 5.30. The topological polar surface area (TPSA) is 65.5 Å². The molecule has 5 nitrogen and oxygen atoms in total. The van der Waals surface area contributed by atoms with Gasteiger partial charge in [-0.1, -0.05) is 6.92 Å². The minimum Gasteiger partial charge on any atom is -0.389 e. The highest BCUT2D eigenvalue weighted by molar-refractivity contribution is 5.98. The summed E-state index contributed by atoms with van der Waals surface area (Å²) in [4.78, 5) is 18.0. The highest BCUT2D eigenvalue weighted by Gasteiger charge is 2.22. The van der Waals surface area contributed by atoms with E-state index < -0.39 is 5.60 Å². The molecule has 0 unspecified atom stereocenters. The van der Waals surface area contributed by atoms with E-state index in [1.165, 1.54) is 4.90 Å². The van der Waals surface area contributed by atoms with E-state index in [-0.39, 0.29) is 12.5 Å². The molecule has 19 heavy (non-hydrogen) atoms. The average molecular weight is 265 g/mol. The fraction of sp³-hybridized carbons (Fsp3) is 0.571. The first-order valence-electron chi connectivity index (χ1n) is 6.52. The number of hydrogen-bond donors (Lipinski definition) is 2. The van der Waals surface area contributed by atoms with Crippen molar-refractivity contribution in [1.82, 2.24) is 9.88 Å². The Morgan fingerprint density at radius 3 is 2.79 bits per heavy atom. The number of rotatable bonds is 6. The van der Waals surface area contributed by atoms with Gasteiger partial charge in [0.2, 0.25) is 0 Å². The van der Waals surface area contributed by atoms with E-state index >= 15 is 0 Å². The second-order valence-corrected chi connectivity index (χ2v) is 5.30. The van der Waals surface area contributed by atoms with Crippen molar-refractivity contribution in [3.63, 3.8) is 0 Å². The number of carbonyl (C=O) groups is 1. The lowest BCUT2D eigenvalue weighted by atomic mass is 10.1. The number of anilines is 1. The first kappa shape index (κ1) is 15.4. The van der Waals surface area contributed by atoms with Gasteiger partial charge in [0.05, 0.1) is 11.2 Å². The lowest BCUT2D eigenvalue weighted by Crippen LogP contribution is -2.40. The third kappa shape index (κ3) is 4.87. The number of amides is 1. The predicted molar refractivity (Wildman–Crippen MR) is 76.3 cm³/mol. The van der Waals surface area contributed by atoms with Gasteiger partial charge in [-0.15, -0.1) is 0 Å². The summed E-state index contributed by atoms with van der Waals surface area (Å²) in [6.45, 7) is 6.45. The zero-order valence-electron chi connectivity index (χ0n) is 12.1. The Morgan fingerprint density at radius 1 is 1.53 bits per heavy atom. The van der Waals surface area contributed by atoms with Crippen LogP contribution in [0, 0.1) is 0 Å². The smallest absolute Gasteiger partial charge is 0.257 e. The molecule has 0 radical (unpaired) electrons. The maximum absolute atomic E-state index is 12.3. The molecule has 106 valence electrons. The summed E-state index contributed by atoms with van der Waals surface area (Å²) >= 11 is 0. The van der Waals surface area contributed by atoms with Gasteiger partial charge in [-0.05, 0) is 32.4 Å². The summed E-state index contributed by atoms with van der Waals surface area (Å²) in [6.07, 6.45) is 2.62. The Labute approximate surface area is 114 Å². The Bertz CT molecular complexity index is 427. The van der Waals surface area contributed by atoms with Crippen LogP contribution in [0.3, 0.4) is 0 Å².